The third kappa shape index (κ3) is 3.74. The van der Waals surface area contributed by atoms with Crippen molar-refractivity contribution in [3.8, 4) is 0 Å². The molecular formula is C16H26N2. The minimum atomic E-state index is 1.11. The van der Waals surface area contributed by atoms with Crippen LogP contribution in [0, 0.1) is 0 Å². The Balaban J connectivity index is 2.05. The van der Waals surface area contributed by atoms with Crippen molar-refractivity contribution in [3.05, 3.63) is 29.8 Å². The Kier molecular flexibility index (Phi) is 5.53. The van der Waals surface area contributed by atoms with Gasteiger partial charge in [-0.15, -0.1) is 0 Å². The number of aryl methyl sites for hydroxylation is 1. The molecule has 0 aliphatic carbocycles. The average Bonchev–Trinajstić information content (AvgIpc) is 2.68. The van der Waals surface area contributed by atoms with E-state index >= 15 is 0 Å². The predicted molar refractivity (Wildman–Crippen MR) is 79.4 cm³/mol. The van der Waals surface area contributed by atoms with Crippen LogP contribution < -0.4 is 10.2 Å². The molecule has 100 valence electrons. The first-order valence-electron chi connectivity index (χ1n) is 7.45. The van der Waals surface area contributed by atoms with Crippen molar-refractivity contribution in [2.24, 2.45) is 0 Å². The lowest BCUT2D eigenvalue weighted by Gasteiger charge is -2.25. The molecular weight excluding hydrogens is 220 g/mol. The summed E-state index contributed by atoms with van der Waals surface area (Å²) in [5.74, 6) is 0. The standard InChI is InChI=1S/C16H26N2/c1-2-3-4-8-15-9-5-6-10-16(15)18-13-7-11-17-12-14-18/h5-6,9-10,17H,2-4,7-8,11-14H2,1H3. The van der Waals surface area contributed by atoms with E-state index in [4.69, 9.17) is 0 Å². The molecule has 1 heterocycles. The molecule has 0 radical (unpaired) electrons. The molecule has 0 saturated carbocycles. The molecule has 2 rings (SSSR count). The fourth-order valence-electron chi connectivity index (χ4n) is 2.68. The molecule has 2 heteroatoms. The minimum Gasteiger partial charge on any atom is -0.370 e. The maximum Gasteiger partial charge on any atom is 0.0399 e. The Hall–Kier alpha value is -1.02. The van der Waals surface area contributed by atoms with E-state index in [1.54, 1.807) is 0 Å². The zero-order valence-electron chi connectivity index (χ0n) is 11.6. The second kappa shape index (κ2) is 7.42. The van der Waals surface area contributed by atoms with Gasteiger partial charge < -0.3 is 10.2 Å². The molecule has 0 aromatic heterocycles. The van der Waals surface area contributed by atoms with E-state index in [9.17, 15) is 0 Å². The van der Waals surface area contributed by atoms with E-state index in [0.29, 0.717) is 0 Å². The lowest BCUT2D eigenvalue weighted by atomic mass is 10.0. The van der Waals surface area contributed by atoms with Gasteiger partial charge in [0.25, 0.3) is 0 Å². The first-order valence-corrected chi connectivity index (χ1v) is 7.45. The van der Waals surface area contributed by atoms with Crippen LogP contribution in [-0.4, -0.2) is 26.2 Å². The first kappa shape index (κ1) is 13.4. The molecule has 1 aromatic carbocycles. The quantitative estimate of drug-likeness (QED) is 0.803. The molecule has 0 spiro atoms. The first-order chi connectivity index (χ1) is 8.92. The molecule has 0 bridgehead atoms. The van der Waals surface area contributed by atoms with Crippen LogP contribution in [0.3, 0.4) is 0 Å². The van der Waals surface area contributed by atoms with Crippen molar-refractivity contribution in [1.29, 1.82) is 0 Å². The van der Waals surface area contributed by atoms with Crippen molar-refractivity contribution < 1.29 is 0 Å². The Morgan fingerprint density at radius 2 is 2.00 bits per heavy atom. The van der Waals surface area contributed by atoms with Gasteiger partial charge in [-0.25, -0.2) is 0 Å². The van der Waals surface area contributed by atoms with Crippen LogP contribution in [0.1, 0.15) is 38.2 Å². The van der Waals surface area contributed by atoms with Gasteiger partial charge in [-0.1, -0.05) is 38.0 Å². The van der Waals surface area contributed by atoms with Gasteiger partial charge in [-0.3, -0.25) is 0 Å². The Labute approximate surface area is 111 Å². The fraction of sp³-hybridized carbons (Fsp3) is 0.625. The number of rotatable bonds is 5. The number of hydrogen-bond donors (Lipinski definition) is 1. The summed E-state index contributed by atoms with van der Waals surface area (Å²) in [6.07, 6.45) is 6.45. The number of unbranched alkanes of at least 4 members (excludes halogenated alkanes) is 2. The van der Waals surface area contributed by atoms with Gasteiger partial charge in [0.05, 0.1) is 0 Å². The topological polar surface area (TPSA) is 15.3 Å². The highest BCUT2D eigenvalue weighted by Crippen LogP contribution is 2.23. The van der Waals surface area contributed by atoms with Gasteiger partial charge in [-0.05, 0) is 37.4 Å². The van der Waals surface area contributed by atoms with Gasteiger partial charge >= 0.3 is 0 Å². The van der Waals surface area contributed by atoms with E-state index in [2.05, 4.69) is 41.4 Å². The SMILES string of the molecule is CCCCCc1ccccc1N1CCCNCC1. The van der Waals surface area contributed by atoms with Crippen LogP contribution in [0.25, 0.3) is 0 Å². The summed E-state index contributed by atoms with van der Waals surface area (Å²) in [5, 5.41) is 3.48. The van der Waals surface area contributed by atoms with E-state index in [1.807, 2.05) is 0 Å². The molecule has 0 amide bonds. The van der Waals surface area contributed by atoms with Crippen LogP contribution in [0.5, 0.6) is 0 Å². The van der Waals surface area contributed by atoms with Crippen molar-refractivity contribution in [2.75, 3.05) is 31.1 Å². The molecule has 1 fully saturated rings. The normalized spacial score (nSPS) is 16.6. The number of anilines is 1. The fourth-order valence-corrected chi connectivity index (χ4v) is 2.68. The molecule has 1 aromatic rings. The second-order valence-electron chi connectivity index (χ2n) is 5.18. The lowest BCUT2D eigenvalue weighted by Crippen LogP contribution is -2.28. The van der Waals surface area contributed by atoms with Gasteiger partial charge in [0.15, 0.2) is 0 Å². The van der Waals surface area contributed by atoms with Crippen molar-refractivity contribution in [2.45, 2.75) is 39.0 Å². The number of nitrogens with zero attached hydrogens (tertiary/aromatic N) is 1. The molecule has 0 atom stereocenters. The highest BCUT2D eigenvalue weighted by Gasteiger charge is 2.12. The third-order valence-corrected chi connectivity index (χ3v) is 3.72. The minimum absolute atomic E-state index is 1.11. The highest BCUT2D eigenvalue weighted by molar-refractivity contribution is 5.53. The molecule has 2 nitrogen and oxygen atoms in total. The number of benzene rings is 1. The van der Waals surface area contributed by atoms with Gasteiger partial charge in [0.1, 0.15) is 0 Å². The lowest BCUT2D eigenvalue weighted by molar-refractivity contribution is 0.712. The van der Waals surface area contributed by atoms with E-state index in [-0.39, 0.29) is 0 Å². The molecule has 1 saturated heterocycles. The largest absolute Gasteiger partial charge is 0.370 e. The van der Waals surface area contributed by atoms with Crippen LogP contribution in [-0.2, 0) is 6.42 Å². The van der Waals surface area contributed by atoms with Crippen LogP contribution in [0.4, 0.5) is 5.69 Å². The molecule has 18 heavy (non-hydrogen) atoms. The Morgan fingerprint density at radius 3 is 2.89 bits per heavy atom. The zero-order valence-corrected chi connectivity index (χ0v) is 11.6. The third-order valence-electron chi connectivity index (χ3n) is 3.72. The smallest absolute Gasteiger partial charge is 0.0399 e. The van der Waals surface area contributed by atoms with Crippen LogP contribution in [0.15, 0.2) is 24.3 Å². The van der Waals surface area contributed by atoms with E-state index in [0.717, 1.165) is 19.6 Å². The van der Waals surface area contributed by atoms with E-state index < -0.39 is 0 Å². The van der Waals surface area contributed by atoms with Crippen molar-refractivity contribution in [1.82, 2.24) is 5.32 Å². The molecule has 0 unspecified atom stereocenters. The monoisotopic (exact) mass is 246 g/mol. The predicted octanol–water partition coefficient (Wildman–Crippen LogP) is 3.22. The van der Waals surface area contributed by atoms with Gasteiger partial charge in [0, 0.05) is 25.3 Å². The maximum absolute atomic E-state index is 3.48. The Morgan fingerprint density at radius 1 is 1.11 bits per heavy atom. The summed E-state index contributed by atoms with van der Waals surface area (Å²) in [6, 6.07) is 8.97. The van der Waals surface area contributed by atoms with Crippen molar-refractivity contribution >= 4 is 5.69 Å². The second-order valence-corrected chi connectivity index (χ2v) is 5.18. The van der Waals surface area contributed by atoms with Crippen LogP contribution >= 0.6 is 0 Å². The summed E-state index contributed by atoms with van der Waals surface area (Å²) in [6.45, 7) is 6.88. The summed E-state index contributed by atoms with van der Waals surface area (Å²) in [4.78, 5) is 2.56. The van der Waals surface area contributed by atoms with Gasteiger partial charge in [-0.2, -0.15) is 0 Å². The summed E-state index contributed by atoms with van der Waals surface area (Å²) < 4.78 is 0. The van der Waals surface area contributed by atoms with Gasteiger partial charge in [0.2, 0.25) is 0 Å². The summed E-state index contributed by atoms with van der Waals surface area (Å²) in [5.41, 5.74) is 3.00. The zero-order chi connectivity index (χ0) is 12.6. The maximum atomic E-state index is 3.48. The summed E-state index contributed by atoms with van der Waals surface area (Å²) in [7, 11) is 0. The molecule has 1 aliphatic heterocycles. The van der Waals surface area contributed by atoms with Crippen LogP contribution in [0.2, 0.25) is 0 Å². The average molecular weight is 246 g/mol. The number of para-hydroxylation sites is 1. The molecule has 1 aliphatic rings. The van der Waals surface area contributed by atoms with Crippen molar-refractivity contribution in [3.63, 3.8) is 0 Å². The Bertz CT molecular complexity index is 341. The van der Waals surface area contributed by atoms with E-state index in [1.165, 1.54) is 49.9 Å². The number of hydrogen-bond acceptors (Lipinski definition) is 2. The highest BCUT2D eigenvalue weighted by atomic mass is 15.2. The summed E-state index contributed by atoms with van der Waals surface area (Å²) >= 11 is 0. The number of nitrogens with one attached hydrogen (secondary N) is 1. The molecule has 1 N–H and O–H groups in total.